The van der Waals surface area contributed by atoms with E-state index >= 15 is 0 Å². The summed E-state index contributed by atoms with van der Waals surface area (Å²) < 4.78 is 13.2. The number of hydrogen-bond donors (Lipinski definition) is 0. The molecule has 0 nitrogen and oxygen atoms in total. The summed E-state index contributed by atoms with van der Waals surface area (Å²) in [5, 5.41) is 0.506. The number of hydrogen-bond acceptors (Lipinski definition) is 0. The monoisotopic (exact) mass is 270 g/mol. The Morgan fingerprint density at radius 3 is 2.50 bits per heavy atom. The number of halogens is 4. The highest BCUT2D eigenvalue weighted by Gasteiger charge is 2.12. The van der Waals surface area contributed by atoms with E-state index in [1.807, 2.05) is 6.92 Å². The molecule has 4 heteroatoms. The third-order valence-electron chi connectivity index (χ3n) is 1.45. The first-order valence-corrected chi connectivity index (χ1v) is 4.98. The van der Waals surface area contributed by atoms with Crippen LogP contribution in [0.4, 0.5) is 4.39 Å². The van der Waals surface area contributed by atoms with Crippen LogP contribution in [0.3, 0.4) is 0 Å². The summed E-state index contributed by atoms with van der Waals surface area (Å²) in [5.41, 5.74) is 0.479. The SMILES string of the molecule is CC(Br)c1cc(Cl)cc(Cl)c1F. The molecule has 0 aromatic heterocycles. The minimum atomic E-state index is -0.412. The second-order valence-corrected chi connectivity index (χ2v) is 4.62. The molecule has 0 aliphatic carbocycles. The van der Waals surface area contributed by atoms with E-state index < -0.39 is 5.82 Å². The fraction of sp³-hybridized carbons (Fsp3) is 0.250. The maximum absolute atomic E-state index is 13.2. The van der Waals surface area contributed by atoms with Crippen molar-refractivity contribution in [3.05, 3.63) is 33.6 Å². The van der Waals surface area contributed by atoms with Crippen molar-refractivity contribution in [2.24, 2.45) is 0 Å². The van der Waals surface area contributed by atoms with Crippen molar-refractivity contribution in [2.75, 3.05) is 0 Å². The first-order valence-electron chi connectivity index (χ1n) is 3.31. The highest BCUT2D eigenvalue weighted by atomic mass is 79.9. The molecule has 0 saturated heterocycles. The van der Waals surface area contributed by atoms with Crippen LogP contribution in [0.15, 0.2) is 12.1 Å². The normalized spacial score (nSPS) is 13.1. The summed E-state index contributed by atoms with van der Waals surface area (Å²) >= 11 is 14.5. The Balaban J connectivity index is 3.28. The summed E-state index contributed by atoms with van der Waals surface area (Å²) in [6.45, 7) is 1.81. The van der Waals surface area contributed by atoms with Crippen molar-refractivity contribution >= 4 is 39.1 Å². The van der Waals surface area contributed by atoms with Gasteiger partial charge in [-0.3, -0.25) is 0 Å². The highest BCUT2D eigenvalue weighted by molar-refractivity contribution is 9.09. The highest BCUT2D eigenvalue weighted by Crippen LogP contribution is 2.31. The Kier molecular flexibility index (Phi) is 3.38. The quantitative estimate of drug-likeness (QED) is 0.518. The van der Waals surface area contributed by atoms with Crippen LogP contribution in [0.25, 0.3) is 0 Å². The van der Waals surface area contributed by atoms with Gasteiger partial charge in [-0.1, -0.05) is 39.1 Å². The number of rotatable bonds is 1. The van der Waals surface area contributed by atoms with Gasteiger partial charge in [0.25, 0.3) is 0 Å². The van der Waals surface area contributed by atoms with Crippen LogP contribution in [0.1, 0.15) is 17.3 Å². The summed E-state index contributed by atoms with van der Waals surface area (Å²) in [6, 6.07) is 2.94. The van der Waals surface area contributed by atoms with Crippen molar-refractivity contribution in [1.82, 2.24) is 0 Å². The molecule has 0 aliphatic heterocycles. The lowest BCUT2D eigenvalue weighted by atomic mass is 10.1. The van der Waals surface area contributed by atoms with Gasteiger partial charge in [0.15, 0.2) is 0 Å². The van der Waals surface area contributed by atoms with Crippen LogP contribution in [0, 0.1) is 5.82 Å². The zero-order chi connectivity index (χ0) is 9.30. The average molecular weight is 272 g/mol. The maximum atomic E-state index is 13.2. The lowest BCUT2D eigenvalue weighted by Gasteiger charge is -2.06. The van der Waals surface area contributed by atoms with E-state index in [9.17, 15) is 4.39 Å². The Labute approximate surface area is 88.8 Å². The van der Waals surface area contributed by atoms with Gasteiger partial charge in [-0.2, -0.15) is 0 Å². The molecule has 0 bridgehead atoms. The van der Waals surface area contributed by atoms with Gasteiger partial charge in [-0.25, -0.2) is 4.39 Å². The molecule has 0 saturated carbocycles. The third kappa shape index (κ3) is 2.12. The first kappa shape index (κ1) is 10.3. The minimum Gasteiger partial charge on any atom is -0.205 e. The molecule has 12 heavy (non-hydrogen) atoms. The smallest absolute Gasteiger partial charge is 0.146 e. The molecule has 1 aromatic rings. The summed E-state index contributed by atoms with van der Waals surface area (Å²) in [5.74, 6) is -0.412. The van der Waals surface area contributed by atoms with Crippen molar-refractivity contribution in [1.29, 1.82) is 0 Å². The van der Waals surface area contributed by atoms with Crippen LogP contribution < -0.4 is 0 Å². The zero-order valence-corrected chi connectivity index (χ0v) is 9.34. The van der Waals surface area contributed by atoms with E-state index in [4.69, 9.17) is 23.2 Å². The van der Waals surface area contributed by atoms with E-state index in [-0.39, 0.29) is 9.85 Å². The van der Waals surface area contributed by atoms with Gasteiger partial charge in [0.1, 0.15) is 5.82 Å². The molecule has 66 valence electrons. The first-order chi connectivity index (χ1) is 5.52. The van der Waals surface area contributed by atoms with Crippen molar-refractivity contribution in [3.8, 4) is 0 Å². The Morgan fingerprint density at radius 1 is 1.42 bits per heavy atom. The Hall–Kier alpha value is 0.210. The largest absolute Gasteiger partial charge is 0.205 e. The minimum absolute atomic E-state index is 0.0591. The second-order valence-electron chi connectivity index (χ2n) is 2.41. The second kappa shape index (κ2) is 3.95. The molecular weight excluding hydrogens is 266 g/mol. The van der Waals surface area contributed by atoms with E-state index in [1.54, 1.807) is 6.07 Å². The molecule has 0 N–H and O–H groups in total. The fourth-order valence-corrected chi connectivity index (χ4v) is 1.71. The van der Waals surface area contributed by atoms with Gasteiger partial charge in [0.05, 0.1) is 5.02 Å². The van der Waals surface area contributed by atoms with Crippen LogP contribution in [-0.4, -0.2) is 0 Å². The molecular formula is C8H6BrCl2F. The van der Waals surface area contributed by atoms with Crippen molar-refractivity contribution < 1.29 is 4.39 Å². The van der Waals surface area contributed by atoms with Crippen LogP contribution in [0.5, 0.6) is 0 Å². The standard InChI is InChI=1S/C8H6BrCl2F/c1-4(9)6-2-5(10)3-7(11)8(6)12/h2-4H,1H3. The Bertz CT molecular complexity index is 299. The molecule has 1 rings (SSSR count). The molecule has 0 fully saturated rings. The number of alkyl halides is 1. The maximum Gasteiger partial charge on any atom is 0.146 e. The van der Waals surface area contributed by atoms with Gasteiger partial charge >= 0.3 is 0 Å². The third-order valence-corrected chi connectivity index (χ3v) is 2.44. The summed E-state index contributed by atoms with van der Waals surface area (Å²) in [6.07, 6.45) is 0. The predicted molar refractivity (Wildman–Crippen MR) is 53.8 cm³/mol. The molecule has 0 amide bonds. The molecule has 1 aromatic carbocycles. The fourth-order valence-electron chi connectivity index (χ4n) is 0.865. The average Bonchev–Trinajstić information content (AvgIpc) is 1.96. The van der Waals surface area contributed by atoms with Crippen LogP contribution in [0.2, 0.25) is 10.0 Å². The van der Waals surface area contributed by atoms with E-state index in [0.29, 0.717) is 10.6 Å². The molecule has 1 atom stereocenters. The molecule has 0 aliphatic rings. The molecule has 0 radical (unpaired) electrons. The van der Waals surface area contributed by atoms with Gasteiger partial charge in [-0.05, 0) is 19.1 Å². The van der Waals surface area contributed by atoms with Crippen molar-refractivity contribution in [2.45, 2.75) is 11.8 Å². The van der Waals surface area contributed by atoms with E-state index in [1.165, 1.54) is 6.07 Å². The lowest BCUT2D eigenvalue weighted by Crippen LogP contribution is -1.91. The summed E-state index contributed by atoms with van der Waals surface area (Å²) in [7, 11) is 0. The summed E-state index contributed by atoms with van der Waals surface area (Å²) in [4.78, 5) is -0.0892. The van der Waals surface area contributed by atoms with Gasteiger partial charge in [-0.15, -0.1) is 0 Å². The van der Waals surface area contributed by atoms with Crippen LogP contribution in [-0.2, 0) is 0 Å². The predicted octanol–water partition coefficient (Wildman–Crippen LogP) is 4.59. The molecule has 0 spiro atoms. The van der Waals surface area contributed by atoms with Crippen LogP contribution >= 0.6 is 39.1 Å². The Morgan fingerprint density at radius 2 is 2.00 bits per heavy atom. The van der Waals surface area contributed by atoms with Gasteiger partial charge in [0, 0.05) is 15.4 Å². The lowest BCUT2D eigenvalue weighted by molar-refractivity contribution is 0.612. The topological polar surface area (TPSA) is 0 Å². The van der Waals surface area contributed by atoms with Gasteiger partial charge < -0.3 is 0 Å². The molecule has 0 heterocycles. The zero-order valence-electron chi connectivity index (χ0n) is 6.24. The van der Waals surface area contributed by atoms with Gasteiger partial charge in [0.2, 0.25) is 0 Å². The van der Waals surface area contributed by atoms with Crippen molar-refractivity contribution in [3.63, 3.8) is 0 Å². The van der Waals surface area contributed by atoms with E-state index in [0.717, 1.165) is 0 Å². The van der Waals surface area contributed by atoms with E-state index in [2.05, 4.69) is 15.9 Å². The number of benzene rings is 1. The molecule has 1 unspecified atom stereocenters.